The van der Waals surface area contributed by atoms with Crippen molar-refractivity contribution in [2.45, 2.75) is 37.6 Å². The smallest absolute Gasteiger partial charge is 0.103 e. The molecule has 3 atom stereocenters. The molecule has 1 heterocycles. The van der Waals surface area contributed by atoms with Crippen LogP contribution in [-0.2, 0) is 4.74 Å². The maximum atomic E-state index is 9.29. The first-order chi connectivity index (χ1) is 5.74. The Bertz CT molecular complexity index is 122. The van der Waals surface area contributed by atoms with Crippen LogP contribution in [0.4, 0.5) is 0 Å². The number of hydrogen-bond donors (Lipinski definition) is 3. The highest BCUT2D eigenvalue weighted by Crippen LogP contribution is 2.17. The molecule has 0 aromatic carbocycles. The van der Waals surface area contributed by atoms with E-state index in [1.54, 1.807) is 0 Å². The summed E-state index contributed by atoms with van der Waals surface area (Å²) in [5.41, 5.74) is 0. The minimum Gasteiger partial charge on any atom is -0.394 e. The van der Waals surface area contributed by atoms with Gasteiger partial charge in [0.25, 0.3) is 0 Å². The molecule has 1 saturated heterocycles. The molecule has 0 aromatic heterocycles. The summed E-state index contributed by atoms with van der Waals surface area (Å²) >= 11 is 0. The number of hydrogen-bond acceptors (Lipinski definition) is 4. The molecule has 4 heteroatoms. The molecule has 1 rings (SSSR count). The Morgan fingerprint density at radius 1 is 1.33 bits per heavy atom. The Morgan fingerprint density at radius 3 is 2.58 bits per heavy atom. The molecular weight excluding hydrogens is 160 g/mol. The second-order valence-electron chi connectivity index (χ2n) is 3.19. The zero-order chi connectivity index (χ0) is 8.97. The minimum absolute atomic E-state index is 0.0567. The van der Waals surface area contributed by atoms with E-state index in [9.17, 15) is 5.11 Å². The molecule has 12 heavy (non-hydrogen) atoms. The molecule has 0 saturated carbocycles. The van der Waals surface area contributed by atoms with Crippen LogP contribution in [0, 0.1) is 0 Å². The van der Waals surface area contributed by atoms with Crippen LogP contribution in [-0.4, -0.2) is 46.8 Å². The van der Waals surface area contributed by atoms with E-state index in [2.05, 4.69) is 0 Å². The normalized spacial score (nSPS) is 28.8. The average molecular weight is 176 g/mol. The van der Waals surface area contributed by atoms with Crippen LogP contribution < -0.4 is 0 Å². The van der Waals surface area contributed by atoms with Gasteiger partial charge in [0.2, 0.25) is 0 Å². The third kappa shape index (κ3) is 2.71. The van der Waals surface area contributed by atoms with Crippen molar-refractivity contribution in [2.24, 2.45) is 0 Å². The fourth-order valence-electron chi connectivity index (χ4n) is 1.38. The van der Waals surface area contributed by atoms with Crippen LogP contribution in [0.3, 0.4) is 0 Å². The molecule has 1 fully saturated rings. The zero-order valence-electron chi connectivity index (χ0n) is 7.02. The Morgan fingerprint density at radius 2 is 2.08 bits per heavy atom. The summed E-state index contributed by atoms with van der Waals surface area (Å²) in [5, 5.41) is 26.8. The SMILES string of the molecule is OCC(O)C(O)CC1CCCO1. The summed E-state index contributed by atoms with van der Waals surface area (Å²) in [6, 6.07) is 0. The lowest BCUT2D eigenvalue weighted by atomic mass is 10.1. The lowest BCUT2D eigenvalue weighted by Crippen LogP contribution is -2.32. The van der Waals surface area contributed by atoms with Crippen molar-refractivity contribution >= 4 is 0 Å². The van der Waals surface area contributed by atoms with E-state index in [1.807, 2.05) is 0 Å². The number of aliphatic hydroxyl groups excluding tert-OH is 3. The van der Waals surface area contributed by atoms with Gasteiger partial charge in [-0.1, -0.05) is 0 Å². The van der Waals surface area contributed by atoms with E-state index in [0.717, 1.165) is 19.4 Å². The monoisotopic (exact) mass is 176 g/mol. The number of rotatable bonds is 4. The van der Waals surface area contributed by atoms with Gasteiger partial charge in [-0.2, -0.15) is 0 Å². The summed E-state index contributed by atoms with van der Waals surface area (Å²) in [5.74, 6) is 0. The molecule has 0 aliphatic carbocycles. The van der Waals surface area contributed by atoms with Gasteiger partial charge in [0.15, 0.2) is 0 Å². The van der Waals surface area contributed by atoms with Crippen LogP contribution in [0.25, 0.3) is 0 Å². The van der Waals surface area contributed by atoms with Gasteiger partial charge in [-0.3, -0.25) is 0 Å². The van der Waals surface area contributed by atoms with Crippen molar-refractivity contribution in [1.29, 1.82) is 0 Å². The largest absolute Gasteiger partial charge is 0.394 e. The van der Waals surface area contributed by atoms with Gasteiger partial charge in [0.1, 0.15) is 6.10 Å². The van der Waals surface area contributed by atoms with Crippen molar-refractivity contribution in [3.05, 3.63) is 0 Å². The molecule has 4 nitrogen and oxygen atoms in total. The maximum Gasteiger partial charge on any atom is 0.103 e. The van der Waals surface area contributed by atoms with E-state index in [0.29, 0.717) is 6.42 Å². The number of ether oxygens (including phenoxy) is 1. The lowest BCUT2D eigenvalue weighted by Gasteiger charge is -2.18. The molecule has 3 N–H and O–H groups in total. The summed E-state index contributed by atoms with van der Waals surface area (Å²) in [6.45, 7) is 0.348. The van der Waals surface area contributed by atoms with Gasteiger partial charge in [-0.15, -0.1) is 0 Å². The summed E-state index contributed by atoms with van der Waals surface area (Å²) in [6.07, 6.45) is 0.539. The first-order valence-electron chi connectivity index (χ1n) is 4.32. The molecule has 3 unspecified atom stereocenters. The Hall–Kier alpha value is -0.160. The summed E-state index contributed by atoms with van der Waals surface area (Å²) in [7, 11) is 0. The Labute approximate surface area is 71.8 Å². The van der Waals surface area contributed by atoms with E-state index < -0.39 is 18.8 Å². The second kappa shape index (κ2) is 4.77. The zero-order valence-corrected chi connectivity index (χ0v) is 7.02. The van der Waals surface area contributed by atoms with Crippen molar-refractivity contribution in [2.75, 3.05) is 13.2 Å². The van der Waals surface area contributed by atoms with E-state index in [4.69, 9.17) is 14.9 Å². The maximum absolute atomic E-state index is 9.29. The lowest BCUT2D eigenvalue weighted by molar-refractivity contribution is -0.0401. The van der Waals surface area contributed by atoms with Crippen LogP contribution in [0.2, 0.25) is 0 Å². The second-order valence-corrected chi connectivity index (χ2v) is 3.19. The molecule has 0 bridgehead atoms. The highest BCUT2D eigenvalue weighted by Gasteiger charge is 2.23. The predicted octanol–water partition coefficient (Wildman–Crippen LogP) is -0.730. The molecule has 0 radical (unpaired) electrons. The van der Waals surface area contributed by atoms with Crippen LogP contribution in [0.1, 0.15) is 19.3 Å². The first-order valence-corrected chi connectivity index (χ1v) is 4.32. The highest BCUT2D eigenvalue weighted by atomic mass is 16.5. The quantitative estimate of drug-likeness (QED) is 0.528. The van der Waals surface area contributed by atoms with Gasteiger partial charge in [0.05, 0.1) is 18.8 Å². The highest BCUT2D eigenvalue weighted by molar-refractivity contribution is 4.74. The van der Waals surface area contributed by atoms with Gasteiger partial charge in [0, 0.05) is 13.0 Å². The van der Waals surface area contributed by atoms with Gasteiger partial charge >= 0.3 is 0 Å². The van der Waals surface area contributed by atoms with Gasteiger partial charge < -0.3 is 20.1 Å². The third-order valence-corrected chi connectivity index (χ3v) is 2.16. The van der Waals surface area contributed by atoms with Crippen LogP contribution in [0.15, 0.2) is 0 Å². The molecule has 72 valence electrons. The topological polar surface area (TPSA) is 69.9 Å². The van der Waals surface area contributed by atoms with Gasteiger partial charge in [-0.05, 0) is 12.8 Å². The van der Waals surface area contributed by atoms with Crippen molar-refractivity contribution < 1.29 is 20.1 Å². The molecule has 1 aliphatic rings. The fourth-order valence-corrected chi connectivity index (χ4v) is 1.38. The minimum atomic E-state index is -1.03. The van der Waals surface area contributed by atoms with Crippen LogP contribution in [0.5, 0.6) is 0 Å². The average Bonchev–Trinajstić information content (AvgIpc) is 2.55. The van der Waals surface area contributed by atoms with E-state index >= 15 is 0 Å². The van der Waals surface area contributed by atoms with Gasteiger partial charge in [-0.25, -0.2) is 0 Å². The van der Waals surface area contributed by atoms with Crippen LogP contribution >= 0.6 is 0 Å². The standard InChI is InChI=1S/C8H16O4/c9-5-8(11)7(10)4-6-2-1-3-12-6/h6-11H,1-5H2. The molecule has 0 amide bonds. The Kier molecular flexibility index (Phi) is 3.94. The van der Waals surface area contributed by atoms with E-state index in [1.165, 1.54) is 0 Å². The van der Waals surface area contributed by atoms with Crippen molar-refractivity contribution in [3.63, 3.8) is 0 Å². The molecule has 0 spiro atoms. The van der Waals surface area contributed by atoms with Crippen molar-refractivity contribution in [1.82, 2.24) is 0 Å². The van der Waals surface area contributed by atoms with Crippen molar-refractivity contribution in [3.8, 4) is 0 Å². The summed E-state index contributed by atoms with van der Waals surface area (Å²) < 4.78 is 5.27. The molecule has 0 aromatic rings. The number of aliphatic hydroxyl groups is 3. The predicted molar refractivity (Wildman–Crippen MR) is 42.7 cm³/mol. The van der Waals surface area contributed by atoms with E-state index in [-0.39, 0.29) is 6.10 Å². The third-order valence-electron chi connectivity index (χ3n) is 2.16. The first kappa shape index (κ1) is 9.92. The fraction of sp³-hybridized carbons (Fsp3) is 1.00. The summed E-state index contributed by atoms with van der Waals surface area (Å²) in [4.78, 5) is 0. The molecule has 1 aliphatic heterocycles. The Balaban J connectivity index is 2.19. The molecular formula is C8H16O4.